The number of aromatic nitrogens is 1. The number of benzene rings is 3. The van der Waals surface area contributed by atoms with Crippen molar-refractivity contribution < 1.29 is 13.6 Å². The normalized spacial score (nSPS) is 11.4. The fourth-order valence-corrected chi connectivity index (χ4v) is 3.43. The summed E-state index contributed by atoms with van der Waals surface area (Å²) in [6.45, 7) is 4.32. The van der Waals surface area contributed by atoms with Gasteiger partial charge in [0, 0.05) is 16.6 Å². The lowest BCUT2D eigenvalue weighted by Gasteiger charge is -2.04. The van der Waals surface area contributed by atoms with Crippen LogP contribution in [0, 0.1) is 0 Å². The quantitative estimate of drug-likeness (QED) is 0.371. The van der Waals surface area contributed by atoms with Gasteiger partial charge in [-0.25, -0.2) is 4.98 Å². The van der Waals surface area contributed by atoms with Crippen molar-refractivity contribution in [1.82, 2.24) is 4.98 Å². The van der Waals surface area contributed by atoms with Gasteiger partial charge in [-0.1, -0.05) is 44.2 Å². The lowest BCUT2D eigenvalue weighted by atomic mass is 10.0. The van der Waals surface area contributed by atoms with Gasteiger partial charge in [-0.3, -0.25) is 4.79 Å². The molecule has 5 aromatic rings. The Balaban J connectivity index is 1.40. The molecular formula is C25H20N2O3. The molecule has 0 atom stereocenters. The Morgan fingerprint density at radius 2 is 1.70 bits per heavy atom. The lowest BCUT2D eigenvalue weighted by Crippen LogP contribution is -2.10. The Hall–Kier alpha value is -3.86. The number of rotatable bonds is 4. The van der Waals surface area contributed by atoms with Gasteiger partial charge in [0.25, 0.3) is 5.91 Å². The van der Waals surface area contributed by atoms with Gasteiger partial charge in [0.1, 0.15) is 11.1 Å². The molecule has 0 aliphatic carbocycles. The maximum atomic E-state index is 12.6. The molecule has 0 aliphatic heterocycles. The van der Waals surface area contributed by atoms with Crippen molar-refractivity contribution in [3.8, 4) is 11.5 Å². The Labute approximate surface area is 173 Å². The average molecular weight is 396 g/mol. The molecule has 5 rings (SSSR count). The molecule has 148 valence electrons. The summed E-state index contributed by atoms with van der Waals surface area (Å²) in [5.41, 5.74) is 4.85. The smallest absolute Gasteiger partial charge is 0.291 e. The van der Waals surface area contributed by atoms with E-state index in [1.54, 1.807) is 18.2 Å². The van der Waals surface area contributed by atoms with Gasteiger partial charge in [-0.05, 0) is 53.9 Å². The standard InChI is InChI=1S/C25H20N2O3/c1-15(2)16-7-9-17(10-8-16)25-27-20-14-19(11-12-22(20)30-25)26-24(28)23-13-18-5-3-4-6-21(18)29-23/h3-15H,1-2H3,(H,26,28). The van der Waals surface area contributed by atoms with E-state index in [9.17, 15) is 4.79 Å². The third-order valence-electron chi connectivity index (χ3n) is 5.12. The molecule has 5 heteroatoms. The van der Waals surface area contributed by atoms with E-state index in [-0.39, 0.29) is 11.7 Å². The second kappa shape index (κ2) is 7.19. The van der Waals surface area contributed by atoms with Crippen LogP contribution in [0.3, 0.4) is 0 Å². The fourth-order valence-electron chi connectivity index (χ4n) is 3.43. The molecule has 0 fully saturated rings. The van der Waals surface area contributed by atoms with Crippen LogP contribution in [-0.4, -0.2) is 10.9 Å². The summed E-state index contributed by atoms with van der Waals surface area (Å²) in [4.78, 5) is 17.2. The lowest BCUT2D eigenvalue weighted by molar-refractivity contribution is 0.0998. The van der Waals surface area contributed by atoms with Crippen LogP contribution in [0.25, 0.3) is 33.5 Å². The van der Waals surface area contributed by atoms with Crippen LogP contribution in [-0.2, 0) is 0 Å². The molecule has 0 unspecified atom stereocenters. The largest absolute Gasteiger partial charge is 0.451 e. The number of carbonyl (C=O) groups is 1. The summed E-state index contributed by atoms with van der Waals surface area (Å²) < 4.78 is 11.5. The zero-order chi connectivity index (χ0) is 20.7. The molecule has 5 nitrogen and oxygen atoms in total. The van der Waals surface area contributed by atoms with Gasteiger partial charge < -0.3 is 14.2 Å². The fraction of sp³-hybridized carbons (Fsp3) is 0.120. The van der Waals surface area contributed by atoms with Gasteiger partial charge in [-0.15, -0.1) is 0 Å². The Kier molecular flexibility index (Phi) is 4.36. The van der Waals surface area contributed by atoms with Crippen molar-refractivity contribution in [2.45, 2.75) is 19.8 Å². The van der Waals surface area contributed by atoms with E-state index in [1.165, 1.54) is 5.56 Å². The summed E-state index contributed by atoms with van der Waals surface area (Å²) in [7, 11) is 0. The van der Waals surface area contributed by atoms with Crippen LogP contribution in [0.15, 0.2) is 81.6 Å². The van der Waals surface area contributed by atoms with Crippen molar-refractivity contribution >= 4 is 33.7 Å². The number of nitrogens with one attached hydrogen (secondary N) is 1. The Morgan fingerprint density at radius 3 is 2.47 bits per heavy atom. The van der Waals surface area contributed by atoms with Crippen LogP contribution in [0.1, 0.15) is 35.9 Å². The number of hydrogen-bond acceptors (Lipinski definition) is 4. The van der Waals surface area contributed by atoms with Crippen LogP contribution < -0.4 is 5.32 Å². The number of nitrogens with zero attached hydrogens (tertiary/aromatic N) is 1. The van der Waals surface area contributed by atoms with Gasteiger partial charge in [0.05, 0.1) is 0 Å². The second-order valence-corrected chi connectivity index (χ2v) is 7.58. The topological polar surface area (TPSA) is 68.3 Å². The van der Waals surface area contributed by atoms with Gasteiger partial charge >= 0.3 is 0 Å². The minimum absolute atomic E-state index is 0.266. The van der Waals surface area contributed by atoms with Crippen molar-refractivity contribution in [2.75, 3.05) is 5.32 Å². The monoisotopic (exact) mass is 396 g/mol. The number of carbonyl (C=O) groups excluding carboxylic acids is 1. The first-order valence-corrected chi connectivity index (χ1v) is 9.88. The first-order valence-electron chi connectivity index (χ1n) is 9.88. The van der Waals surface area contributed by atoms with Crippen molar-refractivity contribution in [1.29, 1.82) is 0 Å². The predicted molar refractivity (Wildman–Crippen MR) is 118 cm³/mol. The third-order valence-corrected chi connectivity index (χ3v) is 5.12. The van der Waals surface area contributed by atoms with Crippen LogP contribution >= 0.6 is 0 Å². The summed E-state index contributed by atoms with van der Waals surface area (Å²) in [6, 6.07) is 22.9. The first-order chi connectivity index (χ1) is 14.6. The minimum atomic E-state index is -0.307. The van der Waals surface area contributed by atoms with Crippen molar-refractivity contribution in [2.24, 2.45) is 0 Å². The van der Waals surface area contributed by atoms with E-state index in [1.807, 2.05) is 42.5 Å². The molecule has 1 N–H and O–H groups in total. The highest BCUT2D eigenvalue weighted by molar-refractivity contribution is 6.05. The molecule has 1 amide bonds. The SMILES string of the molecule is CC(C)c1ccc(-c2nc3cc(NC(=O)c4cc5ccccc5o4)ccc3o2)cc1. The average Bonchev–Trinajstić information content (AvgIpc) is 3.37. The molecule has 0 saturated carbocycles. The molecule has 3 aromatic carbocycles. The molecule has 30 heavy (non-hydrogen) atoms. The summed E-state index contributed by atoms with van der Waals surface area (Å²) in [5.74, 6) is 0.989. The van der Waals surface area contributed by atoms with Gasteiger partial charge in [-0.2, -0.15) is 0 Å². The zero-order valence-corrected chi connectivity index (χ0v) is 16.7. The molecule has 2 aromatic heterocycles. The van der Waals surface area contributed by atoms with Crippen LogP contribution in [0.2, 0.25) is 0 Å². The molecule has 0 bridgehead atoms. The maximum absolute atomic E-state index is 12.6. The number of furan rings is 1. The second-order valence-electron chi connectivity index (χ2n) is 7.58. The molecule has 0 spiro atoms. The number of amides is 1. The van der Waals surface area contributed by atoms with Crippen LogP contribution in [0.5, 0.6) is 0 Å². The van der Waals surface area contributed by atoms with Crippen molar-refractivity contribution in [3.05, 3.63) is 84.1 Å². The van der Waals surface area contributed by atoms with E-state index < -0.39 is 0 Å². The van der Waals surface area contributed by atoms with E-state index in [4.69, 9.17) is 8.83 Å². The molecule has 0 saturated heterocycles. The molecular weight excluding hydrogens is 376 g/mol. The molecule has 0 radical (unpaired) electrons. The number of hydrogen-bond donors (Lipinski definition) is 1. The Morgan fingerprint density at radius 1 is 0.900 bits per heavy atom. The number of oxazole rings is 1. The summed E-state index contributed by atoms with van der Waals surface area (Å²) in [6.07, 6.45) is 0. The van der Waals surface area contributed by atoms with Gasteiger partial charge in [0.2, 0.25) is 5.89 Å². The highest BCUT2D eigenvalue weighted by Gasteiger charge is 2.14. The van der Waals surface area contributed by atoms with E-state index >= 15 is 0 Å². The first kappa shape index (κ1) is 18.2. The zero-order valence-electron chi connectivity index (χ0n) is 16.7. The van der Waals surface area contributed by atoms with Crippen LogP contribution in [0.4, 0.5) is 5.69 Å². The Bertz CT molecular complexity index is 1330. The predicted octanol–water partition coefficient (Wildman–Crippen LogP) is 6.62. The summed E-state index contributed by atoms with van der Waals surface area (Å²) >= 11 is 0. The number of fused-ring (bicyclic) bond motifs is 2. The summed E-state index contributed by atoms with van der Waals surface area (Å²) in [5, 5.41) is 3.76. The highest BCUT2D eigenvalue weighted by atomic mass is 16.4. The molecule has 0 aliphatic rings. The van der Waals surface area contributed by atoms with Crippen molar-refractivity contribution in [3.63, 3.8) is 0 Å². The molecule has 2 heterocycles. The minimum Gasteiger partial charge on any atom is -0.451 e. The maximum Gasteiger partial charge on any atom is 0.291 e. The number of para-hydroxylation sites is 1. The van der Waals surface area contributed by atoms with E-state index in [0.717, 1.165) is 10.9 Å². The third kappa shape index (κ3) is 3.35. The van der Waals surface area contributed by atoms with E-state index in [2.05, 4.69) is 36.3 Å². The van der Waals surface area contributed by atoms with Gasteiger partial charge in [0.15, 0.2) is 11.3 Å². The van der Waals surface area contributed by atoms with E-state index in [0.29, 0.717) is 34.2 Å². The highest BCUT2D eigenvalue weighted by Crippen LogP contribution is 2.28. The number of anilines is 1.